The first kappa shape index (κ1) is 11.9. The molecular weight excluding hydrogens is 272 g/mol. The molecule has 1 saturated heterocycles. The number of benzene rings is 1. The second kappa shape index (κ2) is 3.95. The summed E-state index contributed by atoms with van der Waals surface area (Å²) in [6.07, 6.45) is 11.7. The Bertz CT molecular complexity index is 936. The van der Waals surface area contributed by atoms with Crippen molar-refractivity contribution in [3.63, 3.8) is 0 Å². The number of rotatable bonds is 0. The second-order valence-electron chi connectivity index (χ2n) is 6.21. The van der Waals surface area contributed by atoms with Gasteiger partial charge in [-0.15, -0.1) is 0 Å². The second-order valence-corrected chi connectivity index (χ2v) is 6.21. The topological polar surface area (TPSA) is 42.0 Å². The molecule has 0 radical (unpaired) electrons. The zero-order chi connectivity index (χ0) is 14.7. The number of carbonyl (C=O) groups excluding carboxylic acids is 1. The predicted molar refractivity (Wildman–Crippen MR) is 86.0 cm³/mol. The molecule has 5 rings (SSSR count). The fraction of sp³-hybridized carbons (Fsp3) is 0.158. The SMILES string of the molecule is O=C1CC23CC=CC=C2C(=Cc2cc4cccnc4cc23)N1. The smallest absolute Gasteiger partial charge is 0.225 e. The van der Waals surface area contributed by atoms with Gasteiger partial charge >= 0.3 is 0 Å². The van der Waals surface area contributed by atoms with Crippen molar-refractivity contribution >= 4 is 22.9 Å². The molecule has 0 saturated carbocycles. The average molecular weight is 286 g/mol. The van der Waals surface area contributed by atoms with Gasteiger partial charge < -0.3 is 5.32 Å². The summed E-state index contributed by atoms with van der Waals surface area (Å²) < 4.78 is 0. The Balaban J connectivity index is 1.89. The van der Waals surface area contributed by atoms with Gasteiger partial charge in [0.2, 0.25) is 5.91 Å². The summed E-state index contributed by atoms with van der Waals surface area (Å²) >= 11 is 0. The van der Waals surface area contributed by atoms with E-state index in [1.54, 1.807) is 0 Å². The van der Waals surface area contributed by atoms with E-state index in [0.717, 1.165) is 23.0 Å². The number of hydrogen-bond acceptors (Lipinski definition) is 2. The zero-order valence-electron chi connectivity index (χ0n) is 12.0. The Morgan fingerprint density at radius 3 is 3.18 bits per heavy atom. The minimum Gasteiger partial charge on any atom is -0.326 e. The predicted octanol–water partition coefficient (Wildman–Crippen LogP) is 3.23. The van der Waals surface area contributed by atoms with Gasteiger partial charge in [-0.3, -0.25) is 9.78 Å². The molecule has 1 aliphatic heterocycles. The van der Waals surface area contributed by atoms with E-state index in [-0.39, 0.29) is 11.3 Å². The largest absolute Gasteiger partial charge is 0.326 e. The fourth-order valence-electron chi connectivity index (χ4n) is 4.05. The number of nitrogens with zero attached hydrogens (tertiary/aromatic N) is 1. The Morgan fingerprint density at radius 1 is 1.27 bits per heavy atom. The third-order valence-corrected chi connectivity index (χ3v) is 5.00. The molecule has 106 valence electrons. The normalized spacial score (nSPS) is 25.0. The van der Waals surface area contributed by atoms with Gasteiger partial charge in [-0.05, 0) is 47.4 Å². The number of carbonyl (C=O) groups is 1. The van der Waals surface area contributed by atoms with Gasteiger partial charge in [0.25, 0.3) is 0 Å². The van der Waals surface area contributed by atoms with Crippen LogP contribution in [0.15, 0.2) is 60.0 Å². The number of amides is 1. The zero-order valence-corrected chi connectivity index (χ0v) is 12.0. The van der Waals surface area contributed by atoms with Crippen LogP contribution in [0.5, 0.6) is 0 Å². The number of aromatic nitrogens is 1. The van der Waals surface area contributed by atoms with Crippen LogP contribution in [0.2, 0.25) is 0 Å². The number of pyridine rings is 1. The molecule has 1 amide bonds. The van der Waals surface area contributed by atoms with Gasteiger partial charge in [0, 0.05) is 29.1 Å². The summed E-state index contributed by atoms with van der Waals surface area (Å²) in [6, 6.07) is 8.40. The van der Waals surface area contributed by atoms with Gasteiger partial charge in [0.1, 0.15) is 0 Å². The molecule has 2 heterocycles. The Labute approximate surface area is 128 Å². The van der Waals surface area contributed by atoms with Gasteiger partial charge in [-0.25, -0.2) is 0 Å². The average Bonchev–Trinajstić information content (AvgIpc) is 2.53. The Morgan fingerprint density at radius 2 is 2.23 bits per heavy atom. The molecule has 1 fully saturated rings. The summed E-state index contributed by atoms with van der Waals surface area (Å²) in [5.74, 6) is 0.102. The van der Waals surface area contributed by atoms with E-state index in [2.05, 4.69) is 52.8 Å². The van der Waals surface area contributed by atoms with Gasteiger partial charge in [0.15, 0.2) is 0 Å². The summed E-state index contributed by atoms with van der Waals surface area (Å²) in [7, 11) is 0. The highest BCUT2D eigenvalue weighted by Gasteiger charge is 2.46. The van der Waals surface area contributed by atoms with Crippen molar-refractivity contribution in [2.45, 2.75) is 18.3 Å². The number of hydrogen-bond donors (Lipinski definition) is 1. The van der Waals surface area contributed by atoms with Crippen LogP contribution in [0.25, 0.3) is 17.0 Å². The van der Waals surface area contributed by atoms with E-state index < -0.39 is 0 Å². The first-order valence-corrected chi connectivity index (χ1v) is 7.55. The number of piperidine rings is 1. The molecule has 0 spiro atoms. The molecular formula is C19H14N2O. The first-order chi connectivity index (χ1) is 10.8. The lowest BCUT2D eigenvalue weighted by molar-refractivity contribution is -0.122. The fourth-order valence-corrected chi connectivity index (χ4v) is 4.05. The molecule has 22 heavy (non-hydrogen) atoms. The summed E-state index contributed by atoms with van der Waals surface area (Å²) in [5.41, 5.74) is 5.39. The minimum atomic E-state index is -0.220. The molecule has 1 aromatic carbocycles. The molecule has 3 aliphatic rings. The van der Waals surface area contributed by atoms with Crippen LogP contribution in [0, 0.1) is 0 Å². The Hall–Kier alpha value is -2.68. The van der Waals surface area contributed by atoms with Crippen LogP contribution < -0.4 is 5.32 Å². The molecule has 1 aromatic heterocycles. The lowest BCUT2D eigenvalue weighted by atomic mass is 9.61. The molecule has 1 atom stereocenters. The van der Waals surface area contributed by atoms with E-state index >= 15 is 0 Å². The molecule has 2 aliphatic carbocycles. The molecule has 3 nitrogen and oxygen atoms in total. The highest BCUT2D eigenvalue weighted by atomic mass is 16.1. The Kier molecular flexibility index (Phi) is 2.14. The van der Waals surface area contributed by atoms with Crippen molar-refractivity contribution in [1.29, 1.82) is 0 Å². The highest BCUT2D eigenvalue weighted by Crippen LogP contribution is 2.51. The van der Waals surface area contributed by atoms with Crippen LogP contribution in [-0.4, -0.2) is 10.9 Å². The van der Waals surface area contributed by atoms with E-state index in [4.69, 9.17) is 0 Å². The van der Waals surface area contributed by atoms with E-state index in [0.29, 0.717) is 6.42 Å². The van der Waals surface area contributed by atoms with Crippen LogP contribution >= 0.6 is 0 Å². The molecule has 1 N–H and O–H groups in total. The molecule has 3 heteroatoms. The third kappa shape index (κ3) is 1.40. The summed E-state index contributed by atoms with van der Waals surface area (Å²) in [5, 5.41) is 4.17. The van der Waals surface area contributed by atoms with Gasteiger partial charge in [0.05, 0.1) is 5.52 Å². The van der Waals surface area contributed by atoms with Crippen LogP contribution in [0.4, 0.5) is 0 Å². The van der Waals surface area contributed by atoms with Gasteiger partial charge in [-0.1, -0.05) is 24.3 Å². The summed E-state index contributed by atoms with van der Waals surface area (Å²) in [6.45, 7) is 0. The monoisotopic (exact) mass is 286 g/mol. The lowest BCUT2D eigenvalue weighted by Crippen LogP contribution is -2.46. The van der Waals surface area contributed by atoms with Crippen molar-refractivity contribution < 1.29 is 4.79 Å². The van der Waals surface area contributed by atoms with Crippen molar-refractivity contribution in [2.24, 2.45) is 0 Å². The maximum atomic E-state index is 12.2. The van der Waals surface area contributed by atoms with Crippen molar-refractivity contribution in [3.05, 3.63) is 71.1 Å². The van der Waals surface area contributed by atoms with Crippen molar-refractivity contribution in [1.82, 2.24) is 10.3 Å². The quantitative estimate of drug-likeness (QED) is 0.808. The van der Waals surface area contributed by atoms with Crippen LogP contribution in [0.3, 0.4) is 0 Å². The standard InChI is InChI=1S/C19H14N2O/c22-18-11-19-6-2-1-5-14(19)17(21-18)9-13-8-12-4-3-7-20-16(12)10-15(13)19/h1-5,7-10H,6,11H2,(H,21,22). The maximum absolute atomic E-state index is 12.2. The summed E-state index contributed by atoms with van der Waals surface area (Å²) in [4.78, 5) is 16.7. The van der Waals surface area contributed by atoms with Gasteiger partial charge in [-0.2, -0.15) is 0 Å². The molecule has 1 unspecified atom stereocenters. The van der Waals surface area contributed by atoms with E-state index in [1.807, 2.05) is 12.3 Å². The maximum Gasteiger partial charge on any atom is 0.225 e. The van der Waals surface area contributed by atoms with Crippen molar-refractivity contribution in [2.75, 3.05) is 0 Å². The lowest BCUT2D eigenvalue weighted by Gasteiger charge is -2.45. The van der Waals surface area contributed by atoms with E-state index in [9.17, 15) is 4.79 Å². The van der Waals surface area contributed by atoms with Crippen LogP contribution in [-0.2, 0) is 10.2 Å². The first-order valence-electron chi connectivity index (χ1n) is 7.55. The van der Waals surface area contributed by atoms with E-state index in [1.165, 1.54) is 16.7 Å². The van der Waals surface area contributed by atoms with Crippen LogP contribution in [0.1, 0.15) is 24.0 Å². The molecule has 2 bridgehead atoms. The third-order valence-electron chi connectivity index (χ3n) is 5.00. The minimum absolute atomic E-state index is 0.102. The number of allylic oxidation sites excluding steroid dienone is 4. The number of fused-ring (bicyclic) bond motifs is 2. The molecule has 2 aromatic rings. The highest BCUT2D eigenvalue weighted by molar-refractivity contribution is 5.93. The number of nitrogens with one attached hydrogen (secondary N) is 1. The van der Waals surface area contributed by atoms with Crippen molar-refractivity contribution in [3.8, 4) is 0 Å².